The van der Waals surface area contributed by atoms with Crippen molar-refractivity contribution in [3.8, 4) is 0 Å². The Morgan fingerprint density at radius 1 is 1.55 bits per heavy atom. The summed E-state index contributed by atoms with van der Waals surface area (Å²) < 4.78 is 5.21. The van der Waals surface area contributed by atoms with Crippen molar-refractivity contribution in [1.82, 2.24) is 0 Å². The number of hydrogen-bond acceptors (Lipinski definition) is 2. The van der Waals surface area contributed by atoms with Gasteiger partial charge in [-0.3, -0.25) is 4.79 Å². The molecule has 0 aliphatic carbocycles. The molecule has 0 N–H and O–H groups in total. The summed E-state index contributed by atoms with van der Waals surface area (Å²) in [7, 11) is 0. The first-order chi connectivity index (χ1) is 5.06. The van der Waals surface area contributed by atoms with E-state index in [9.17, 15) is 4.79 Å². The van der Waals surface area contributed by atoms with Gasteiger partial charge in [0.05, 0.1) is 12.0 Å². The van der Waals surface area contributed by atoms with Gasteiger partial charge in [0, 0.05) is 12.5 Å². The highest BCUT2D eigenvalue weighted by Crippen LogP contribution is 2.31. The molecule has 1 atom stereocenters. The van der Waals surface area contributed by atoms with Crippen molar-refractivity contribution in [3.05, 3.63) is 0 Å². The van der Waals surface area contributed by atoms with Gasteiger partial charge < -0.3 is 4.74 Å². The lowest BCUT2D eigenvalue weighted by molar-refractivity contribution is -0.131. The monoisotopic (exact) mass is 156 g/mol. The summed E-state index contributed by atoms with van der Waals surface area (Å²) in [6.07, 6.45) is 0.893. The summed E-state index contributed by atoms with van der Waals surface area (Å²) in [6.45, 7) is 7.26. The maximum atomic E-state index is 11.6. The average Bonchev–Trinajstić information content (AvgIpc) is 2.35. The maximum absolute atomic E-state index is 11.6. The number of ketones is 1. The molecule has 11 heavy (non-hydrogen) atoms. The molecule has 1 aliphatic rings. The number of ether oxygens (including phenoxy) is 1. The van der Waals surface area contributed by atoms with E-state index in [1.54, 1.807) is 0 Å². The minimum Gasteiger partial charge on any atom is -0.380 e. The number of rotatable bonds is 2. The van der Waals surface area contributed by atoms with Crippen LogP contribution in [0.2, 0.25) is 0 Å². The maximum Gasteiger partial charge on any atom is 0.143 e. The molecule has 0 unspecified atom stereocenters. The zero-order chi connectivity index (χ0) is 8.48. The quantitative estimate of drug-likeness (QED) is 0.607. The van der Waals surface area contributed by atoms with Crippen molar-refractivity contribution in [2.45, 2.75) is 27.2 Å². The van der Waals surface area contributed by atoms with Crippen LogP contribution in [0.15, 0.2) is 0 Å². The van der Waals surface area contributed by atoms with E-state index in [1.807, 2.05) is 20.8 Å². The van der Waals surface area contributed by atoms with Crippen LogP contribution in [-0.4, -0.2) is 19.0 Å². The van der Waals surface area contributed by atoms with Gasteiger partial charge >= 0.3 is 0 Å². The Morgan fingerprint density at radius 3 is 2.55 bits per heavy atom. The molecule has 0 spiro atoms. The summed E-state index contributed by atoms with van der Waals surface area (Å²) in [4.78, 5) is 11.6. The summed E-state index contributed by atoms with van der Waals surface area (Å²) in [5, 5.41) is 0. The van der Waals surface area contributed by atoms with Crippen LogP contribution in [0, 0.1) is 11.3 Å². The zero-order valence-corrected chi connectivity index (χ0v) is 7.52. The first kappa shape index (κ1) is 8.72. The summed E-state index contributed by atoms with van der Waals surface area (Å²) in [5.41, 5.74) is -0.186. The Morgan fingerprint density at radius 2 is 2.18 bits per heavy atom. The number of carbonyl (C=O) groups is 1. The van der Waals surface area contributed by atoms with Gasteiger partial charge in [0.2, 0.25) is 0 Å². The van der Waals surface area contributed by atoms with Gasteiger partial charge in [-0.05, 0) is 6.42 Å². The van der Waals surface area contributed by atoms with E-state index >= 15 is 0 Å². The van der Waals surface area contributed by atoms with Gasteiger partial charge in [-0.1, -0.05) is 20.8 Å². The lowest BCUT2D eigenvalue weighted by Crippen LogP contribution is -2.31. The summed E-state index contributed by atoms with van der Waals surface area (Å²) in [5.74, 6) is 0.483. The molecule has 0 aromatic carbocycles. The van der Waals surface area contributed by atoms with Crippen molar-refractivity contribution in [2.75, 3.05) is 13.2 Å². The molecular weight excluding hydrogens is 140 g/mol. The van der Waals surface area contributed by atoms with Crippen molar-refractivity contribution >= 4 is 5.78 Å². The summed E-state index contributed by atoms with van der Waals surface area (Å²) >= 11 is 0. The van der Waals surface area contributed by atoms with Gasteiger partial charge in [-0.15, -0.1) is 0 Å². The molecular formula is C9H16O2. The fraction of sp³-hybridized carbons (Fsp3) is 0.889. The highest BCUT2D eigenvalue weighted by Gasteiger charge is 2.37. The van der Waals surface area contributed by atoms with E-state index in [4.69, 9.17) is 4.74 Å². The van der Waals surface area contributed by atoms with Crippen LogP contribution in [0.25, 0.3) is 0 Å². The van der Waals surface area contributed by atoms with Gasteiger partial charge in [-0.25, -0.2) is 0 Å². The summed E-state index contributed by atoms with van der Waals surface area (Å²) in [6, 6.07) is 0. The minimum atomic E-state index is -0.186. The van der Waals surface area contributed by atoms with E-state index in [1.165, 1.54) is 0 Å². The predicted octanol–water partition coefficient (Wildman–Crippen LogP) is 1.64. The van der Waals surface area contributed by atoms with Crippen molar-refractivity contribution in [2.24, 2.45) is 11.3 Å². The number of hydrogen-bond donors (Lipinski definition) is 0. The Kier molecular flexibility index (Phi) is 2.33. The lowest BCUT2D eigenvalue weighted by atomic mass is 9.80. The van der Waals surface area contributed by atoms with Crippen LogP contribution < -0.4 is 0 Å². The third kappa shape index (κ3) is 1.62. The highest BCUT2D eigenvalue weighted by molar-refractivity contribution is 5.86. The second-order valence-electron chi connectivity index (χ2n) is 3.88. The normalized spacial score (nSPS) is 31.3. The first-order valence-electron chi connectivity index (χ1n) is 4.18. The largest absolute Gasteiger partial charge is 0.380 e. The first-order valence-corrected chi connectivity index (χ1v) is 4.18. The molecule has 0 bridgehead atoms. The number of Topliss-reactive ketones (excluding diaryl/α,β-unsaturated/α-hetero) is 1. The zero-order valence-electron chi connectivity index (χ0n) is 7.52. The van der Waals surface area contributed by atoms with E-state index < -0.39 is 0 Å². The molecule has 1 heterocycles. The fourth-order valence-electron chi connectivity index (χ4n) is 1.56. The molecule has 1 saturated heterocycles. The molecule has 1 fully saturated rings. The van der Waals surface area contributed by atoms with E-state index in [0.717, 1.165) is 13.0 Å². The third-order valence-electron chi connectivity index (χ3n) is 2.34. The molecule has 1 aliphatic heterocycles. The van der Waals surface area contributed by atoms with Crippen molar-refractivity contribution in [1.29, 1.82) is 0 Å². The predicted molar refractivity (Wildman–Crippen MR) is 43.4 cm³/mol. The van der Waals surface area contributed by atoms with Crippen LogP contribution >= 0.6 is 0 Å². The molecule has 0 radical (unpaired) electrons. The molecule has 2 nitrogen and oxygen atoms in total. The molecule has 0 amide bonds. The Bertz CT molecular complexity index is 155. The van der Waals surface area contributed by atoms with E-state index in [-0.39, 0.29) is 11.3 Å². The molecule has 0 aromatic heterocycles. The number of carbonyl (C=O) groups excluding carboxylic acids is 1. The second kappa shape index (κ2) is 2.94. The van der Waals surface area contributed by atoms with Crippen LogP contribution in [0.3, 0.4) is 0 Å². The van der Waals surface area contributed by atoms with E-state index in [2.05, 4.69) is 0 Å². The standard InChI is InChI=1S/C9H16O2/c1-7(2)8(10)9(3)4-5-11-6-9/h7H,4-6H2,1-3H3/t9-/m0/s1. The Labute approximate surface area is 67.9 Å². The van der Waals surface area contributed by atoms with Gasteiger partial charge in [-0.2, -0.15) is 0 Å². The Hall–Kier alpha value is -0.370. The van der Waals surface area contributed by atoms with Gasteiger partial charge in [0.25, 0.3) is 0 Å². The molecule has 2 heteroatoms. The van der Waals surface area contributed by atoms with Crippen LogP contribution in [-0.2, 0) is 9.53 Å². The molecule has 64 valence electrons. The van der Waals surface area contributed by atoms with Crippen LogP contribution in [0.1, 0.15) is 27.2 Å². The topological polar surface area (TPSA) is 26.3 Å². The molecule has 1 rings (SSSR count). The minimum absolute atomic E-state index is 0.140. The SMILES string of the molecule is CC(C)C(=O)[C@@]1(C)CCOC1. The fourth-order valence-corrected chi connectivity index (χ4v) is 1.56. The highest BCUT2D eigenvalue weighted by atomic mass is 16.5. The van der Waals surface area contributed by atoms with Crippen molar-refractivity contribution in [3.63, 3.8) is 0 Å². The van der Waals surface area contributed by atoms with Crippen molar-refractivity contribution < 1.29 is 9.53 Å². The molecule has 0 saturated carbocycles. The smallest absolute Gasteiger partial charge is 0.143 e. The van der Waals surface area contributed by atoms with Gasteiger partial charge in [0.15, 0.2) is 0 Å². The third-order valence-corrected chi connectivity index (χ3v) is 2.34. The lowest BCUT2D eigenvalue weighted by Gasteiger charge is -2.21. The van der Waals surface area contributed by atoms with Crippen LogP contribution in [0.5, 0.6) is 0 Å². The van der Waals surface area contributed by atoms with E-state index in [0.29, 0.717) is 12.4 Å². The Balaban J connectivity index is 2.64. The van der Waals surface area contributed by atoms with Gasteiger partial charge in [0.1, 0.15) is 5.78 Å². The molecule has 0 aromatic rings. The second-order valence-corrected chi connectivity index (χ2v) is 3.88. The average molecular weight is 156 g/mol. The van der Waals surface area contributed by atoms with Crippen LogP contribution in [0.4, 0.5) is 0 Å².